The van der Waals surface area contributed by atoms with E-state index in [9.17, 15) is 13.2 Å². The van der Waals surface area contributed by atoms with Gasteiger partial charge in [-0.05, 0) is 56.3 Å². The molecule has 3 rings (SSSR count). The number of alkyl halides is 3. The fraction of sp³-hybridized carbons (Fsp3) is 0.476. The van der Waals surface area contributed by atoms with E-state index in [4.69, 9.17) is 0 Å². The third-order valence-electron chi connectivity index (χ3n) is 5.02. The van der Waals surface area contributed by atoms with E-state index in [1.165, 1.54) is 12.1 Å². The fourth-order valence-corrected chi connectivity index (χ4v) is 3.41. The molecule has 7 heteroatoms. The minimum absolute atomic E-state index is 0.578. The van der Waals surface area contributed by atoms with E-state index < -0.39 is 11.7 Å². The van der Waals surface area contributed by atoms with E-state index in [2.05, 4.69) is 15.2 Å². The molecule has 1 aliphatic rings. The van der Waals surface area contributed by atoms with Crippen LogP contribution in [0.15, 0.2) is 48.7 Å². The van der Waals surface area contributed by atoms with Crippen LogP contribution in [0.3, 0.4) is 0 Å². The number of unbranched alkanes of at least 4 members (excludes halogenated alkanes) is 1. The lowest BCUT2D eigenvalue weighted by atomic mass is 10.1. The number of hydrogen-bond acceptors (Lipinski definition) is 4. The van der Waals surface area contributed by atoms with Crippen LogP contribution < -0.4 is 10.2 Å². The third kappa shape index (κ3) is 6.21. The van der Waals surface area contributed by atoms with Crippen LogP contribution in [0.4, 0.5) is 18.9 Å². The zero-order chi connectivity index (χ0) is 19.8. The van der Waals surface area contributed by atoms with Crippen molar-refractivity contribution in [2.45, 2.75) is 25.6 Å². The quantitative estimate of drug-likeness (QED) is 0.693. The van der Waals surface area contributed by atoms with Crippen molar-refractivity contribution in [2.75, 3.05) is 44.2 Å². The van der Waals surface area contributed by atoms with Gasteiger partial charge in [0.2, 0.25) is 0 Å². The molecule has 1 aliphatic heterocycles. The molecule has 0 spiro atoms. The molecule has 0 unspecified atom stereocenters. The van der Waals surface area contributed by atoms with Crippen LogP contribution in [0, 0.1) is 0 Å². The van der Waals surface area contributed by atoms with Crippen molar-refractivity contribution in [1.29, 1.82) is 0 Å². The van der Waals surface area contributed by atoms with Crippen molar-refractivity contribution in [3.05, 3.63) is 59.9 Å². The first-order valence-corrected chi connectivity index (χ1v) is 9.77. The normalized spacial score (nSPS) is 15.8. The number of halogens is 3. The third-order valence-corrected chi connectivity index (χ3v) is 5.02. The van der Waals surface area contributed by atoms with Crippen molar-refractivity contribution in [3.63, 3.8) is 0 Å². The van der Waals surface area contributed by atoms with Crippen LogP contribution in [0.25, 0.3) is 0 Å². The summed E-state index contributed by atoms with van der Waals surface area (Å²) in [6.07, 6.45) is -0.280. The maximum Gasteiger partial charge on any atom is 0.416 e. The summed E-state index contributed by atoms with van der Waals surface area (Å²) in [5, 5.41) is 3.40. The summed E-state index contributed by atoms with van der Waals surface area (Å²) in [6.45, 7) is 6.08. The number of aromatic nitrogens is 1. The summed E-state index contributed by atoms with van der Waals surface area (Å²) >= 11 is 0. The maximum absolute atomic E-state index is 12.9. The average molecular weight is 392 g/mol. The number of nitrogens with zero attached hydrogens (tertiary/aromatic N) is 3. The first-order chi connectivity index (χ1) is 13.5. The molecule has 0 aliphatic carbocycles. The van der Waals surface area contributed by atoms with Crippen LogP contribution in [-0.4, -0.2) is 49.2 Å². The largest absolute Gasteiger partial charge is 0.416 e. The van der Waals surface area contributed by atoms with Crippen LogP contribution in [-0.2, 0) is 12.7 Å². The summed E-state index contributed by atoms with van der Waals surface area (Å²) in [5.74, 6) is 0. The predicted molar refractivity (Wildman–Crippen MR) is 105 cm³/mol. The van der Waals surface area contributed by atoms with E-state index in [-0.39, 0.29) is 0 Å². The van der Waals surface area contributed by atoms with Crippen LogP contribution in [0.1, 0.15) is 24.1 Å². The van der Waals surface area contributed by atoms with Gasteiger partial charge in [0, 0.05) is 44.6 Å². The molecular weight excluding hydrogens is 365 g/mol. The van der Waals surface area contributed by atoms with E-state index in [0.717, 1.165) is 70.4 Å². The number of rotatable bonds is 8. The topological polar surface area (TPSA) is 31.4 Å². The van der Waals surface area contributed by atoms with Crippen LogP contribution >= 0.6 is 0 Å². The second-order valence-electron chi connectivity index (χ2n) is 7.08. The number of pyridine rings is 1. The number of benzene rings is 1. The molecule has 0 radical (unpaired) electrons. The SMILES string of the molecule is FC(F)(F)c1cccc(N2CCN(CCCCNCc3ccccn3)CC2)c1. The average Bonchev–Trinajstić information content (AvgIpc) is 2.71. The Morgan fingerprint density at radius 1 is 0.964 bits per heavy atom. The molecule has 1 N–H and O–H groups in total. The van der Waals surface area contributed by atoms with Crippen molar-refractivity contribution in [1.82, 2.24) is 15.2 Å². The zero-order valence-electron chi connectivity index (χ0n) is 16.0. The Morgan fingerprint density at radius 3 is 2.50 bits per heavy atom. The maximum atomic E-state index is 12.9. The van der Waals surface area contributed by atoms with Gasteiger partial charge in [0.1, 0.15) is 0 Å². The lowest BCUT2D eigenvalue weighted by molar-refractivity contribution is -0.137. The first-order valence-electron chi connectivity index (χ1n) is 9.77. The molecule has 1 saturated heterocycles. The van der Waals surface area contributed by atoms with Gasteiger partial charge in [0.05, 0.1) is 11.3 Å². The minimum Gasteiger partial charge on any atom is -0.369 e. The Bertz CT molecular complexity index is 713. The summed E-state index contributed by atoms with van der Waals surface area (Å²) in [7, 11) is 0. The molecule has 0 amide bonds. The van der Waals surface area contributed by atoms with Gasteiger partial charge in [-0.25, -0.2) is 0 Å². The highest BCUT2D eigenvalue weighted by molar-refractivity contribution is 5.49. The molecule has 28 heavy (non-hydrogen) atoms. The highest BCUT2D eigenvalue weighted by Gasteiger charge is 2.31. The van der Waals surface area contributed by atoms with Gasteiger partial charge in [-0.1, -0.05) is 12.1 Å². The highest BCUT2D eigenvalue weighted by Crippen LogP contribution is 2.31. The molecule has 4 nitrogen and oxygen atoms in total. The van der Waals surface area contributed by atoms with Crippen molar-refractivity contribution in [3.8, 4) is 0 Å². The smallest absolute Gasteiger partial charge is 0.369 e. The van der Waals surface area contributed by atoms with E-state index in [1.807, 2.05) is 23.1 Å². The lowest BCUT2D eigenvalue weighted by Gasteiger charge is -2.36. The highest BCUT2D eigenvalue weighted by atomic mass is 19.4. The van der Waals surface area contributed by atoms with Gasteiger partial charge in [0.15, 0.2) is 0 Å². The molecule has 0 saturated carbocycles. The predicted octanol–water partition coefficient (Wildman–Crippen LogP) is 3.79. The van der Waals surface area contributed by atoms with Crippen molar-refractivity contribution >= 4 is 5.69 Å². The van der Waals surface area contributed by atoms with Gasteiger partial charge in [0.25, 0.3) is 0 Å². The molecule has 152 valence electrons. The number of anilines is 1. The summed E-state index contributed by atoms with van der Waals surface area (Å²) in [5.41, 5.74) is 1.13. The van der Waals surface area contributed by atoms with Crippen LogP contribution in [0.5, 0.6) is 0 Å². The molecule has 2 heterocycles. The second kappa shape index (κ2) is 9.89. The molecule has 1 aromatic heterocycles. The monoisotopic (exact) mass is 392 g/mol. The molecule has 1 fully saturated rings. The second-order valence-corrected chi connectivity index (χ2v) is 7.08. The van der Waals surface area contributed by atoms with Gasteiger partial charge in [-0.2, -0.15) is 13.2 Å². The first kappa shape index (κ1) is 20.6. The summed E-state index contributed by atoms with van der Waals surface area (Å²) < 4.78 is 38.7. The Morgan fingerprint density at radius 2 is 1.79 bits per heavy atom. The molecule has 0 atom stereocenters. The summed E-state index contributed by atoms with van der Waals surface area (Å²) in [6, 6.07) is 11.5. The summed E-state index contributed by atoms with van der Waals surface area (Å²) in [4.78, 5) is 8.72. The standard InChI is InChI=1S/C21H27F3N4/c22-21(23,24)18-6-5-8-20(16-18)28-14-12-27(13-15-28)11-4-3-9-25-17-19-7-1-2-10-26-19/h1-2,5-8,10,16,25H,3-4,9,11-15,17H2. The van der Waals surface area contributed by atoms with Crippen molar-refractivity contribution < 1.29 is 13.2 Å². The van der Waals surface area contributed by atoms with Gasteiger partial charge in [-0.15, -0.1) is 0 Å². The Labute approximate surface area is 164 Å². The van der Waals surface area contributed by atoms with E-state index in [1.54, 1.807) is 12.3 Å². The van der Waals surface area contributed by atoms with Gasteiger partial charge >= 0.3 is 6.18 Å². The van der Waals surface area contributed by atoms with Crippen LogP contribution in [0.2, 0.25) is 0 Å². The fourth-order valence-electron chi connectivity index (χ4n) is 3.41. The molecule has 2 aromatic rings. The molecular formula is C21H27F3N4. The minimum atomic E-state index is -4.29. The Kier molecular flexibility index (Phi) is 7.28. The number of nitrogens with one attached hydrogen (secondary N) is 1. The zero-order valence-corrected chi connectivity index (χ0v) is 16.0. The van der Waals surface area contributed by atoms with Gasteiger partial charge in [-0.3, -0.25) is 9.88 Å². The van der Waals surface area contributed by atoms with E-state index in [0.29, 0.717) is 5.69 Å². The lowest BCUT2D eigenvalue weighted by Crippen LogP contribution is -2.46. The number of piperazine rings is 1. The number of hydrogen-bond donors (Lipinski definition) is 1. The molecule has 0 bridgehead atoms. The van der Waals surface area contributed by atoms with E-state index >= 15 is 0 Å². The molecule has 1 aromatic carbocycles. The van der Waals surface area contributed by atoms with Crippen molar-refractivity contribution in [2.24, 2.45) is 0 Å². The Hall–Kier alpha value is -2.12. The Balaban J connectivity index is 1.32. The van der Waals surface area contributed by atoms with Gasteiger partial charge < -0.3 is 10.2 Å².